The summed E-state index contributed by atoms with van der Waals surface area (Å²) >= 11 is 5.75. The van der Waals surface area contributed by atoms with E-state index in [1.54, 1.807) is 6.07 Å². The molecule has 0 saturated carbocycles. The van der Waals surface area contributed by atoms with Crippen LogP contribution in [0.25, 0.3) is 0 Å². The normalized spacial score (nSPS) is 10.2. The molecule has 2 aromatic rings. The summed E-state index contributed by atoms with van der Waals surface area (Å²) in [5.41, 5.74) is 0.737. The molecule has 0 aliphatic heterocycles. The summed E-state index contributed by atoms with van der Waals surface area (Å²) in [5, 5.41) is 24.7. The number of nitro benzene ring substituents is 2. The number of hydrogen-bond acceptors (Lipinski definition) is 6. The Kier molecular flexibility index (Phi) is 4.97. The van der Waals surface area contributed by atoms with Gasteiger partial charge in [0.25, 0.3) is 11.4 Å². The number of ether oxygens (including phenoxy) is 1. The van der Waals surface area contributed by atoms with Gasteiger partial charge in [0, 0.05) is 36.0 Å². The Labute approximate surface area is 135 Å². The Bertz CT molecular complexity index is 766. The van der Waals surface area contributed by atoms with Crippen LogP contribution in [0.15, 0.2) is 36.4 Å². The highest BCUT2D eigenvalue weighted by Gasteiger charge is 2.14. The molecule has 0 fully saturated rings. The number of nitro groups is 2. The van der Waals surface area contributed by atoms with Crippen LogP contribution in [0.4, 0.5) is 17.1 Å². The van der Waals surface area contributed by atoms with Crippen molar-refractivity contribution in [3.8, 4) is 5.75 Å². The maximum absolute atomic E-state index is 10.9. The lowest BCUT2D eigenvalue weighted by atomic mass is 10.1. The molecule has 0 aliphatic rings. The van der Waals surface area contributed by atoms with Crippen LogP contribution in [-0.4, -0.2) is 17.0 Å². The molecular formula is C14H12ClN3O5. The molecule has 0 aromatic heterocycles. The first-order valence-electron chi connectivity index (χ1n) is 6.41. The third-order valence-corrected chi connectivity index (χ3v) is 3.42. The number of non-ortho nitro benzene ring substituents is 1. The zero-order valence-corrected chi connectivity index (χ0v) is 12.7. The van der Waals surface area contributed by atoms with Gasteiger partial charge < -0.3 is 10.1 Å². The summed E-state index contributed by atoms with van der Waals surface area (Å²) in [6.45, 7) is 0.198. The SMILES string of the molecule is COc1ccc([N+](=O)[O-])cc1CNc1ccc(Cl)c([N+](=O)[O-])c1. The summed E-state index contributed by atoms with van der Waals surface area (Å²) in [7, 11) is 1.46. The van der Waals surface area contributed by atoms with Crippen LogP contribution in [0.3, 0.4) is 0 Å². The molecule has 9 heteroatoms. The highest BCUT2D eigenvalue weighted by Crippen LogP contribution is 2.29. The number of methoxy groups -OCH3 is 1. The summed E-state index contributed by atoms with van der Waals surface area (Å²) < 4.78 is 5.16. The molecule has 2 rings (SSSR count). The first kappa shape index (κ1) is 16.5. The van der Waals surface area contributed by atoms with Gasteiger partial charge in [0.2, 0.25) is 0 Å². The molecule has 0 atom stereocenters. The van der Waals surface area contributed by atoms with Crippen molar-refractivity contribution in [1.82, 2.24) is 0 Å². The molecule has 23 heavy (non-hydrogen) atoms. The highest BCUT2D eigenvalue weighted by atomic mass is 35.5. The van der Waals surface area contributed by atoms with Gasteiger partial charge in [-0.25, -0.2) is 0 Å². The number of rotatable bonds is 6. The maximum atomic E-state index is 10.9. The number of benzene rings is 2. The largest absolute Gasteiger partial charge is 0.496 e. The van der Waals surface area contributed by atoms with Crippen LogP contribution in [0.1, 0.15) is 5.56 Å². The fourth-order valence-electron chi connectivity index (χ4n) is 1.98. The van der Waals surface area contributed by atoms with Gasteiger partial charge in [-0.2, -0.15) is 0 Å². The van der Waals surface area contributed by atoms with Crippen LogP contribution in [0, 0.1) is 20.2 Å². The van der Waals surface area contributed by atoms with Crippen LogP contribution >= 0.6 is 11.6 Å². The topological polar surface area (TPSA) is 108 Å². The number of anilines is 1. The third kappa shape index (κ3) is 3.86. The van der Waals surface area contributed by atoms with E-state index < -0.39 is 9.85 Å². The van der Waals surface area contributed by atoms with E-state index in [-0.39, 0.29) is 22.9 Å². The zero-order chi connectivity index (χ0) is 17.0. The van der Waals surface area contributed by atoms with Crippen LogP contribution < -0.4 is 10.1 Å². The molecule has 120 valence electrons. The Morgan fingerprint density at radius 3 is 2.48 bits per heavy atom. The van der Waals surface area contributed by atoms with E-state index in [9.17, 15) is 20.2 Å². The van der Waals surface area contributed by atoms with E-state index in [0.717, 1.165) is 0 Å². The second-order valence-electron chi connectivity index (χ2n) is 4.53. The van der Waals surface area contributed by atoms with E-state index in [4.69, 9.17) is 16.3 Å². The molecule has 0 aliphatic carbocycles. The van der Waals surface area contributed by atoms with E-state index in [1.807, 2.05) is 0 Å². The molecule has 8 nitrogen and oxygen atoms in total. The predicted octanol–water partition coefficient (Wildman–Crippen LogP) is 3.78. The third-order valence-electron chi connectivity index (χ3n) is 3.10. The van der Waals surface area contributed by atoms with Crippen LogP contribution in [-0.2, 0) is 6.54 Å². The number of halogens is 1. The van der Waals surface area contributed by atoms with Gasteiger partial charge in [0.05, 0.1) is 17.0 Å². The fraction of sp³-hybridized carbons (Fsp3) is 0.143. The quantitative estimate of drug-likeness (QED) is 0.634. The smallest absolute Gasteiger partial charge is 0.289 e. The number of nitrogens with one attached hydrogen (secondary N) is 1. The molecule has 2 aromatic carbocycles. The molecule has 0 bridgehead atoms. The fourth-order valence-corrected chi connectivity index (χ4v) is 2.16. The zero-order valence-electron chi connectivity index (χ0n) is 12.0. The van der Waals surface area contributed by atoms with E-state index >= 15 is 0 Å². The van der Waals surface area contributed by atoms with E-state index in [0.29, 0.717) is 17.0 Å². The Morgan fingerprint density at radius 2 is 1.87 bits per heavy atom. The first-order chi connectivity index (χ1) is 10.9. The van der Waals surface area contributed by atoms with E-state index in [2.05, 4.69) is 5.32 Å². The van der Waals surface area contributed by atoms with Gasteiger partial charge in [-0.05, 0) is 18.2 Å². The second kappa shape index (κ2) is 6.93. The minimum Gasteiger partial charge on any atom is -0.496 e. The lowest BCUT2D eigenvalue weighted by Crippen LogP contribution is -2.03. The minimum atomic E-state index is -0.582. The van der Waals surface area contributed by atoms with Crippen molar-refractivity contribution in [2.45, 2.75) is 6.54 Å². The average Bonchev–Trinajstić information content (AvgIpc) is 2.53. The number of hydrogen-bond donors (Lipinski definition) is 1. The Hall–Kier alpha value is -2.87. The molecule has 1 N–H and O–H groups in total. The van der Waals surface area contributed by atoms with Crippen molar-refractivity contribution in [1.29, 1.82) is 0 Å². The molecule has 0 radical (unpaired) electrons. The lowest BCUT2D eigenvalue weighted by Gasteiger charge is -2.10. The second-order valence-corrected chi connectivity index (χ2v) is 4.94. The van der Waals surface area contributed by atoms with Gasteiger partial charge in [0.15, 0.2) is 0 Å². The summed E-state index contributed by atoms with van der Waals surface area (Å²) in [6, 6.07) is 8.52. The lowest BCUT2D eigenvalue weighted by molar-refractivity contribution is -0.385. The van der Waals surface area contributed by atoms with Gasteiger partial charge >= 0.3 is 0 Å². The molecular weight excluding hydrogens is 326 g/mol. The average molecular weight is 338 g/mol. The molecule has 0 saturated heterocycles. The highest BCUT2D eigenvalue weighted by molar-refractivity contribution is 6.32. The minimum absolute atomic E-state index is 0.0356. The standard InChI is InChI=1S/C14H12ClN3O5/c1-23-14-5-3-11(17(19)20)6-9(14)8-16-10-2-4-12(15)13(7-10)18(21)22/h2-7,16H,8H2,1H3. The van der Waals surface area contributed by atoms with Crippen molar-refractivity contribution in [2.24, 2.45) is 0 Å². The van der Waals surface area contributed by atoms with Crippen molar-refractivity contribution >= 4 is 28.7 Å². The maximum Gasteiger partial charge on any atom is 0.289 e. The monoisotopic (exact) mass is 337 g/mol. The van der Waals surface area contributed by atoms with Crippen LogP contribution in [0.2, 0.25) is 5.02 Å². The summed E-state index contributed by atoms with van der Waals surface area (Å²) in [5.74, 6) is 0.478. The van der Waals surface area contributed by atoms with Gasteiger partial charge in [-0.15, -0.1) is 0 Å². The molecule has 0 spiro atoms. The van der Waals surface area contributed by atoms with Crippen LogP contribution in [0.5, 0.6) is 5.75 Å². The molecule has 0 heterocycles. The molecule has 0 unspecified atom stereocenters. The van der Waals surface area contributed by atoms with Crippen molar-refractivity contribution in [2.75, 3.05) is 12.4 Å². The first-order valence-corrected chi connectivity index (χ1v) is 6.79. The van der Waals surface area contributed by atoms with E-state index in [1.165, 1.54) is 37.4 Å². The van der Waals surface area contributed by atoms with Gasteiger partial charge in [-0.1, -0.05) is 11.6 Å². The predicted molar refractivity (Wildman–Crippen MR) is 85.1 cm³/mol. The number of nitrogens with zero attached hydrogens (tertiary/aromatic N) is 2. The van der Waals surface area contributed by atoms with Gasteiger partial charge in [-0.3, -0.25) is 20.2 Å². The van der Waals surface area contributed by atoms with Crippen molar-refractivity contribution in [3.05, 3.63) is 67.2 Å². The Balaban J connectivity index is 2.23. The van der Waals surface area contributed by atoms with Crippen molar-refractivity contribution < 1.29 is 14.6 Å². The Morgan fingerprint density at radius 1 is 1.13 bits per heavy atom. The van der Waals surface area contributed by atoms with Gasteiger partial charge in [0.1, 0.15) is 10.8 Å². The summed E-state index contributed by atoms with van der Waals surface area (Å²) in [4.78, 5) is 20.6. The molecule has 0 amide bonds. The summed E-state index contributed by atoms with van der Waals surface area (Å²) in [6.07, 6.45) is 0. The van der Waals surface area contributed by atoms with Crippen molar-refractivity contribution in [3.63, 3.8) is 0 Å².